The van der Waals surface area contributed by atoms with Gasteiger partial charge in [-0.15, -0.1) is 0 Å². The lowest BCUT2D eigenvalue weighted by atomic mass is 9.32. The van der Waals surface area contributed by atoms with Gasteiger partial charge >= 0.3 is 11.9 Å². The van der Waals surface area contributed by atoms with Gasteiger partial charge in [-0.2, -0.15) is 0 Å². The normalized spacial score (nSPS) is 38.3. The molecule has 7 rings (SSSR count). The van der Waals surface area contributed by atoms with Crippen LogP contribution in [0.25, 0.3) is 11.3 Å². The summed E-state index contributed by atoms with van der Waals surface area (Å²) in [6, 6.07) is 9.95. The molecular formula is C47H67N3O5. The largest absolute Gasteiger partial charge is 0.481 e. The number of aromatic nitrogens is 2. The number of carboxylic acid groups (broad SMARTS) is 1. The molecule has 300 valence electrons. The maximum absolute atomic E-state index is 14.9. The molecule has 1 aromatic heterocycles. The zero-order chi connectivity index (χ0) is 39.9. The van der Waals surface area contributed by atoms with Crippen molar-refractivity contribution in [3.05, 3.63) is 54.5 Å². The third kappa shape index (κ3) is 6.13. The van der Waals surface area contributed by atoms with E-state index in [4.69, 9.17) is 9.72 Å². The molecule has 1 heterocycles. The van der Waals surface area contributed by atoms with Crippen LogP contribution in [0.5, 0.6) is 0 Å². The van der Waals surface area contributed by atoms with Crippen molar-refractivity contribution < 1.29 is 24.2 Å². The van der Waals surface area contributed by atoms with Crippen molar-refractivity contribution in [3.8, 4) is 11.3 Å². The maximum atomic E-state index is 14.9. The summed E-state index contributed by atoms with van der Waals surface area (Å²) in [5.41, 5.74) is 1.76. The van der Waals surface area contributed by atoms with Crippen molar-refractivity contribution in [1.29, 1.82) is 0 Å². The Hall–Kier alpha value is -3.42. The summed E-state index contributed by atoms with van der Waals surface area (Å²) in [6.45, 7) is 24.3. The first kappa shape index (κ1) is 39.8. The second kappa shape index (κ2) is 13.6. The molecule has 8 heteroatoms. The van der Waals surface area contributed by atoms with Gasteiger partial charge in [-0.05, 0) is 143 Å². The molecule has 5 aliphatic carbocycles. The number of aromatic amines is 1. The van der Waals surface area contributed by atoms with Crippen LogP contribution in [0.15, 0.2) is 48.7 Å². The summed E-state index contributed by atoms with van der Waals surface area (Å²) in [6.07, 6.45) is 11.7. The van der Waals surface area contributed by atoms with Gasteiger partial charge in [-0.25, -0.2) is 4.98 Å². The van der Waals surface area contributed by atoms with Crippen LogP contribution in [-0.2, 0) is 19.1 Å². The van der Waals surface area contributed by atoms with E-state index in [0.717, 1.165) is 81.3 Å². The zero-order valence-corrected chi connectivity index (χ0v) is 35.0. The molecule has 5 aliphatic rings. The van der Waals surface area contributed by atoms with E-state index in [0.29, 0.717) is 23.7 Å². The average molecular weight is 754 g/mol. The van der Waals surface area contributed by atoms with E-state index in [9.17, 15) is 19.5 Å². The lowest BCUT2D eigenvalue weighted by molar-refractivity contribution is -0.249. The van der Waals surface area contributed by atoms with Crippen LogP contribution in [0.4, 0.5) is 0 Å². The first-order valence-electron chi connectivity index (χ1n) is 21.2. The smallest absolute Gasteiger partial charge is 0.309 e. The molecule has 3 N–H and O–H groups in total. The van der Waals surface area contributed by atoms with Gasteiger partial charge < -0.3 is 20.1 Å². The number of fused-ring (bicyclic) bond motifs is 7. The van der Waals surface area contributed by atoms with Crippen molar-refractivity contribution in [2.24, 2.45) is 62.1 Å². The molecule has 1 aromatic carbocycles. The van der Waals surface area contributed by atoms with Crippen LogP contribution in [0, 0.1) is 62.1 Å². The number of benzene rings is 1. The number of ether oxygens (including phenoxy) is 1. The Kier molecular flexibility index (Phi) is 9.85. The standard InChI is InChI=1S/C47H67N3O5/c1-28(2)31-18-23-47(40(52)49-29(3)39-48-27-33(50-39)30-14-12-11-13-15-30)25-24-45(9)32(38(31)47)16-17-35-44(8)21-20-36(55-37(51)26-42(4,5)41(53)54)43(6,7)34(44)19-22-46(35,45)10/h11-15,27,29,31-32,34-36,38H,1,16-26H2,2-10H3,(H,48,50)(H,49,52)(H,53,54)/t29-,31-,32+,34-,35+,36-,38+,44-,45+,46+,47-/m0/s1. The predicted octanol–water partition coefficient (Wildman–Crippen LogP) is 10.3. The average Bonchev–Trinajstić information content (AvgIpc) is 3.77. The van der Waals surface area contributed by atoms with Gasteiger partial charge in [0.05, 0.1) is 35.2 Å². The van der Waals surface area contributed by atoms with E-state index < -0.39 is 22.8 Å². The second-order valence-electron chi connectivity index (χ2n) is 20.8. The molecule has 0 bridgehead atoms. The predicted molar refractivity (Wildman–Crippen MR) is 215 cm³/mol. The fraction of sp³-hybridized carbons (Fsp3) is 0.702. The minimum Gasteiger partial charge on any atom is -0.481 e. The maximum Gasteiger partial charge on any atom is 0.309 e. The number of H-pyrrole nitrogens is 1. The fourth-order valence-electron chi connectivity index (χ4n) is 14.1. The molecule has 0 spiro atoms. The Bertz CT molecular complexity index is 1830. The molecule has 0 unspecified atom stereocenters. The van der Waals surface area contributed by atoms with Gasteiger partial charge in [-0.1, -0.05) is 77.1 Å². The summed E-state index contributed by atoms with van der Waals surface area (Å²) in [7, 11) is 0. The molecule has 1 amide bonds. The highest BCUT2D eigenvalue weighted by atomic mass is 16.5. The molecular weight excluding hydrogens is 687 g/mol. The number of rotatable bonds is 9. The fourth-order valence-corrected chi connectivity index (χ4v) is 14.1. The topological polar surface area (TPSA) is 121 Å². The number of hydrogen-bond donors (Lipinski definition) is 3. The molecule has 0 aliphatic heterocycles. The Balaban J connectivity index is 1.12. The van der Waals surface area contributed by atoms with Gasteiger partial charge in [0.1, 0.15) is 11.9 Å². The monoisotopic (exact) mass is 754 g/mol. The summed E-state index contributed by atoms with van der Waals surface area (Å²) in [5.74, 6) is 1.54. The molecule has 0 radical (unpaired) electrons. The van der Waals surface area contributed by atoms with E-state index in [1.54, 1.807) is 13.8 Å². The number of imidazole rings is 1. The lowest BCUT2D eigenvalue weighted by Crippen LogP contribution is -2.67. The van der Waals surface area contributed by atoms with Gasteiger partial charge in [0.15, 0.2) is 0 Å². The highest BCUT2D eigenvalue weighted by Gasteiger charge is 2.72. The van der Waals surface area contributed by atoms with Crippen molar-refractivity contribution in [2.75, 3.05) is 0 Å². The van der Waals surface area contributed by atoms with Crippen LogP contribution < -0.4 is 5.32 Å². The molecule has 2 aromatic rings. The number of nitrogens with one attached hydrogen (secondary N) is 2. The van der Waals surface area contributed by atoms with E-state index in [2.05, 4.69) is 77.5 Å². The highest BCUT2D eigenvalue weighted by molar-refractivity contribution is 5.84. The van der Waals surface area contributed by atoms with E-state index >= 15 is 0 Å². The molecule has 55 heavy (non-hydrogen) atoms. The Morgan fingerprint density at radius 2 is 1.65 bits per heavy atom. The second-order valence-corrected chi connectivity index (χ2v) is 20.8. The molecule has 11 atom stereocenters. The number of allylic oxidation sites excluding steroid dienone is 1. The number of aliphatic carboxylic acids is 1. The first-order chi connectivity index (χ1) is 25.7. The van der Waals surface area contributed by atoms with Crippen molar-refractivity contribution in [2.45, 2.75) is 145 Å². The van der Waals surface area contributed by atoms with Gasteiger partial charge in [0.25, 0.3) is 0 Å². The van der Waals surface area contributed by atoms with E-state index in [1.165, 1.54) is 5.57 Å². The van der Waals surface area contributed by atoms with E-state index in [-0.39, 0.29) is 52.1 Å². The molecule has 5 saturated carbocycles. The first-order valence-corrected chi connectivity index (χ1v) is 21.2. The number of carbonyl (C=O) groups excluding carboxylic acids is 2. The molecule has 8 nitrogen and oxygen atoms in total. The number of carbonyl (C=O) groups is 3. The number of nitrogens with zero attached hydrogens (tertiary/aromatic N) is 1. The van der Waals surface area contributed by atoms with Crippen LogP contribution in [-0.4, -0.2) is 39.0 Å². The SMILES string of the molecule is C=C(C)[C@@H]1CC[C@]2(C(=O)N[C@@H](C)c3ncc(-c4ccccc4)[nH]3)CC[C@]3(C)[C@H](CC[C@@H]4[C@@]5(C)CC[C@H](OC(=O)CC(C)(C)C(=O)O)C(C)(C)[C@@H]5CC[C@]43C)[C@@H]12. The van der Waals surface area contributed by atoms with Crippen LogP contribution in [0.2, 0.25) is 0 Å². The third-order valence-corrected chi connectivity index (χ3v) is 17.3. The van der Waals surface area contributed by atoms with Gasteiger partial charge in [0.2, 0.25) is 5.91 Å². The highest BCUT2D eigenvalue weighted by Crippen LogP contribution is 2.77. The Morgan fingerprint density at radius 1 is 0.945 bits per heavy atom. The van der Waals surface area contributed by atoms with Gasteiger partial charge in [-0.3, -0.25) is 14.4 Å². The van der Waals surface area contributed by atoms with Crippen LogP contribution in [0.3, 0.4) is 0 Å². The lowest BCUT2D eigenvalue weighted by Gasteiger charge is -2.72. The summed E-state index contributed by atoms with van der Waals surface area (Å²) < 4.78 is 6.19. The summed E-state index contributed by atoms with van der Waals surface area (Å²) in [4.78, 5) is 47.9. The zero-order valence-electron chi connectivity index (χ0n) is 35.0. The van der Waals surface area contributed by atoms with Crippen LogP contribution in [0.1, 0.15) is 145 Å². The molecule has 0 saturated heterocycles. The number of amides is 1. The van der Waals surface area contributed by atoms with Crippen molar-refractivity contribution in [3.63, 3.8) is 0 Å². The number of carboxylic acids is 1. The Labute approximate surface area is 329 Å². The minimum absolute atomic E-state index is 0.0868. The number of esters is 1. The van der Waals surface area contributed by atoms with E-state index in [1.807, 2.05) is 24.4 Å². The quantitative estimate of drug-likeness (QED) is 0.173. The van der Waals surface area contributed by atoms with Crippen molar-refractivity contribution in [1.82, 2.24) is 15.3 Å². The summed E-state index contributed by atoms with van der Waals surface area (Å²) in [5, 5.41) is 13.1. The Morgan fingerprint density at radius 3 is 2.33 bits per heavy atom. The summed E-state index contributed by atoms with van der Waals surface area (Å²) >= 11 is 0. The number of hydrogen-bond acceptors (Lipinski definition) is 5. The minimum atomic E-state index is -1.16. The molecule has 5 fully saturated rings. The van der Waals surface area contributed by atoms with Crippen molar-refractivity contribution >= 4 is 17.8 Å². The van der Waals surface area contributed by atoms with Crippen LogP contribution >= 0.6 is 0 Å². The third-order valence-electron chi connectivity index (χ3n) is 17.3. The van der Waals surface area contributed by atoms with Gasteiger partial charge in [0, 0.05) is 5.41 Å².